The number of hydrogen-bond donors (Lipinski definition) is 2. The van der Waals surface area contributed by atoms with Gasteiger partial charge in [-0.1, -0.05) is 67.9 Å². The third kappa shape index (κ3) is 5.92. The van der Waals surface area contributed by atoms with Gasteiger partial charge >= 0.3 is 0 Å². The molecule has 0 heterocycles. The zero-order valence-corrected chi connectivity index (χ0v) is 17.2. The van der Waals surface area contributed by atoms with Crippen molar-refractivity contribution in [3.8, 4) is 0 Å². The number of benzene rings is 2. The van der Waals surface area contributed by atoms with Gasteiger partial charge in [-0.15, -0.1) is 0 Å². The van der Waals surface area contributed by atoms with Crippen LogP contribution in [0.3, 0.4) is 0 Å². The summed E-state index contributed by atoms with van der Waals surface area (Å²) in [6, 6.07) is 16.5. The van der Waals surface area contributed by atoms with Gasteiger partial charge in [0.1, 0.15) is 0 Å². The van der Waals surface area contributed by atoms with Crippen LogP contribution in [0.2, 0.25) is 0 Å². The first-order valence-electron chi connectivity index (χ1n) is 9.99. The van der Waals surface area contributed by atoms with Gasteiger partial charge in [0.2, 0.25) is 11.6 Å². The van der Waals surface area contributed by atoms with E-state index >= 15 is 0 Å². The van der Waals surface area contributed by atoms with Crippen molar-refractivity contribution in [2.75, 3.05) is 0 Å². The molecule has 0 aromatic heterocycles. The number of aliphatic hydroxyl groups excluding tert-OH is 2. The summed E-state index contributed by atoms with van der Waals surface area (Å²) in [6.45, 7) is 6.08. The number of ketones is 2. The van der Waals surface area contributed by atoms with E-state index in [9.17, 15) is 19.8 Å². The molecule has 0 unspecified atom stereocenters. The molecule has 0 aliphatic heterocycles. The number of carbonyl (C=O) groups excluding carboxylic acids is 2. The highest BCUT2D eigenvalue weighted by atomic mass is 16.3. The summed E-state index contributed by atoms with van der Waals surface area (Å²) in [5, 5.41) is 19.4. The second-order valence-electron chi connectivity index (χ2n) is 6.86. The van der Waals surface area contributed by atoms with Crippen molar-refractivity contribution < 1.29 is 19.8 Å². The Morgan fingerprint density at radius 2 is 1.28 bits per heavy atom. The normalized spacial score (nSPS) is 13.7. The maximum Gasteiger partial charge on any atom is 0.227 e. The van der Waals surface area contributed by atoms with Crippen molar-refractivity contribution in [3.63, 3.8) is 0 Å². The van der Waals surface area contributed by atoms with Gasteiger partial charge in [0.15, 0.2) is 11.5 Å². The Kier molecular flexibility index (Phi) is 7.96. The predicted molar refractivity (Wildman–Crippen MR) is 115 cm³/mol. The topological polar surface area (TPSA) is 74.6 Å². The van der Waals surface area contributed by atoms with Crippen LogP contribution in [0.15, 0.2) is 71.7 Å². The Morgan fingerprint density at radius 3 is 1.86 bits per heavy atom. The van der Waals surface area contributed by atoms with E-state index in [0.717, 1.165) is 24.5 Å². The molecule has 0 atom stereocenters. The minimum absolute atomic E-state index is 0.0230. The number of aliphatic hydroxyl groups is 2. The van der Waals surface area contributed by atoms with Gasteiger partial charge in [0.05, 0.1) is 0 Å². The number of aryl methyl sites for hydroxylation is 4. The SMILES string of the molecule is CC.Cc1cccc(CCc2cccc(CCC3=C(O)C(=O)C=C(O)C3=O)c2)c1. The predicted octanol–water partition coefficient (Wildman–Crippen LogP) is 5.14. The second-order valence-corrected chi connectivity index (χ2v) is 6.86. The van der Waals surface area contributed by atoms with Crippen LogP contribution in [0.25, 0.3) is 0 Å². The first-order chi connectivity index (χ1) is 13.9. The molecule has 0 saturated heterocycles. The van der Waals surface area contributed by atoms with Crippen LogP contribution in [0.4, 0.5) is 0 Å². The van der Waals surface area contributed by atoms with Crippen LogP contribution < -0.4 is 0 Å². The van der Waals surface area contributed by atoms with E-state index in [1.165, 1.54) is 16.7 Å². The lowest BCUT2D eigenvalue weighted by Crippen LogP contribution is -2.19. The summed E-state index contributed by atoms with van der Waals surface area (Å²) >= 11 is 0. The van der Waals surface area contributed by atoms with Crippen molar-refractivity contribution in [2.45, 2.75) is 46.5 Å². The van der Waals surface area contributed by atoms with Crippen LogP contribution >= 0.6 is 0 Å². The maximum absolute atomic E-state index is 12.0. The lowest BCUT2D eigenvalue weighted by atomic mass is 9.93. The highest BCUT2D eigenvalue weighted by Crippen LogP contribution is 2.21. The molecule has 4 nitrogen and oxygen atoms in total. The maximum atomic E-state index is 12.0. The average molecular weight is 392 g/mol. The summed E-state index contributed by atoms with van der Waals surface area (Å²) in [5.41, 5.74) is 4.74. The molecule has 29 heavy (non-hydrogen) atoms. The summed E-state index contributed by atoms with van der Waals surface area (Å²) in [7, 11) is 0. The molecule has 0 fully saturated rings. The Balaban J connectivity index is 0.00000145. The van der Waals surface area contributed by atoms with Gasteiger partial charge < -0.3 is 10.2 Å². The van der Waals surface area contributed by atoms with Crippen LogP contribution in [0.5, 0.6) is 0 Å². The third-order valence-electron chi connectivity index (χ3n) is 4.73. The minimum atomic E-state index is -0.728. The minimum Gasteiger partial charge on any atom is -0.504 e. The molecule has 0 radical (unpaired) electrons. The van der Waals surface area contributed by atoms with Crippen molar-refractivity contribution in [3.05, 3.63) is 94.0 Å². The highest BCUT2D eigenvalue weighted by molar-refractivity contribution is 6.20. The lowest BCUT2D eigenvalue weighted by molar-refractivity contribution is -0.119. The fourth-order valence-corrected chi connectivity index (χ4v) is 3.27. The fraction of sp³-hybridized carbons (Fsp3) is 0.280. The van der Waals surface area contributed by atoms with E-state index in [1.807, 2.05) is 26.0 Å². The zero-order valence-electron chi connectivity index (χ0n) is 17.2. The van der Waals surface area contributed by atoms with Crippen molar-refractivity contribution in [2.24, 2.45) is 0 Å². The van der Waals surface area contributed by atoms with E-state index in [-0.39, 0.29) is 12.0 Å². The summed E-state index contributed by atoms with van der Waals surface area (Å²) < 4.78 is 0. The standard InChI is InChI=1S/C23H22O4.C2H6/c1-15-4-2-5-16(12-15)8-9-17-6-3-7-18(13-17)10-11-19-22(26)20(24)14-21(25)23(19)27;1-2/h2-7,12-14,24,27H,8-11H2,1H3;1-2H3. The van der Waals surface area contributed by atoms with Crippen molar-refractivity contribution in [1.82, 2.24) is 0 Å². The molecule has 2 aromatic rings. The Hall–Kier alpha value is -3.14. The van der Waals surface area contributed by atoms with Gasteiger partial charge in [0.25, 0.3) is 0 Å². The van der Waals surface area contributed by atoms with E-state index in [2.05, 4.69) is 43.3 Å². The smallest absolute Gasteiger partial charge is 0.227 e. The van der Waals surface area contributed by atoms with Crippen LogP contribution in [-0.4, -0.2) is 21.8 Å². The number of carbonyl (C=O) groups is 2. The van der Waals surface area contributed by atoms with E-state index in [0.29, 0.717) is 6.42 Å². The summed E-state index contributed by atoms with van der Waals surface area (Å²) in [6.07, 6.45) is 3.32. The van der Waals surface area contributed by atoms with Gasteiger partial charge in [-0.05, 0) is 49.3 Å². The van der Waals surface area contributed by atoms with Crippen LogP contribution in [-0.2, 0) is 28.9 Å². The van der Waals surface area contributed by atoms with E-state index < -0.39 is 23.1 Å². The van der Waals surface area contributed by atoms with Gasteiger partial charge in [-0.3, -0.25) is 9.59 Å². The van der Waals surface area contributed by atoms with Gasteiger partial charge in [-0.2, -0.15) is 0 Å². The molecule has 152 valence electrons. The molecule has 2 aromatic carbocycles. The largest absolute Gasteiger partial charge is 0.504 e. The Morgan fingerprint density at radius 1 is 0.759 bits per heavy atom. The zero-order chi connectivity index (χ0) is 21.4. The molecular weight excluding hydrogens is 364 g/mol. The van der Waals surface area contributed by atoms with Crippen LogP contribution in [0.1, 0.15) is 42.5 Å². The van der Waals surface area contributed by atoms with Crippen molar-refractivity contribution in [1.29, 1.82) is 0 Å². The molecule has 0 spiro atoms. The van der Waals surface area contributed by atoms with Gasteiger partial charge in [-0.25, -0.2) is 0 Å². The number of Topliss-reactive ketones (excluding diaryl/α,β-unsaturated/α-hetero) is 1. The lowest BCUT2D eigenvalue weighted by Gasteiger charge is -2.13. The summed E-state index contributed by atoms with van der Waals surface area (Å²) in [5.74, 6) is -2.58. The molecule has 1 aliphatic carbocycles. The second kappa shape index (κ2) is 10.4. The van der Waals surface area contributed by atoms with Gasteiger partial charge in [0, 0.05) is 11.6 Å². The molecular formula is C25H28O4. The quantitative estimate of drug-likeness (QED) is 0.667. The van der Waals surface area contributed by atoms with E-state index in [1.54, 1.807) is 0 Å². The molecule has 1 aliphatic rings. The average Bonchev–Trinajstić information content (AvgIpc) is 2.73. The molecule has 2 N–H and O–H groups in total. The number of rotatable bonds is 6. The summed E-state index contributed by atoms with van der Waals surface area (Å²) in [4.78, 5) is 23.5. The van der Waals surface area contributed by atoms with Crippen molar-refractivity contribution >= 4 is 11.6 Å². The Labute approximate surface area is 172 Å². The number of allylic oxidation sites excluding steroid dienone is 2. The van der Waals surface area contributed by atoms with Crippen LogP contribution in [0, 0.1) is 6.92 Å². The van der Waals surface area contributed by atoms with E-state index in [4.69, 9.17) is 0 Å². The molecule has 4 heteroatoms. The molecule has 0 saturated carbocycles. The first-order valence-corrected chi connectivity index (χ1v) is 9.99. The number of hydrogen-bond acceptors (Lipinski definition) is 4. The monoisotopic (exact) mass is 392 g/mol. The first kappa shape index (κ1) is 22.2. The highest BCUT2D eigenvalue weighted by Gasteiger charge is 2.27. The fourth-order valence-electron chi connectivity index (χ4n) is 3.27. The molecule has 0 bridgehead atoms. The molecule has 0 amide bonds. The third-order valence-corrected chi connectivity index (χ3v) is 4.73. The molecule has 3 rings (SSSR count). The Bertz CT molecular complexity index is 951.